The molecule has 2 aromatic carbocycles. The third-order valence-electron chi connectivity index (χ3n) is 5.27. The third kappa shape index (κ3) is 2.66. The fourth-order valence-electron chi connectivity index (χ4n) is 4.00. The van der Waals surface area contributed by atoms with Crippen LogP contribution >= 0.6 is 0 Å². The Morgan fingerprint density at radius 3 is 2.96 bits per heavy atom. The van der Waals surface area contributed by atoms with Gasteiger partial charge in [0.25, 0.3) is 0 Å². The molecule has 24 heavy (non-hydrogen) atoms. The van der Waals surface area contributed by atoms with Gasteiger partial charge in [0.15, 0.2) is 0 Å². The van der Waals surface area contributed by atoms with Crippen LogP contribution in [0.4, 0.5) is 5.69 Å². The lowest BCUT2D eigenvalue weighted by Crippen LogP contribution is -2.32. The van der Waals surface area contributed by atoms with Crippen molar-refractivity contribution in [2.45, 2.75) is 25.5 Å². The number of hydrogen-bond donors (Lipinski definition) is 2. The Morgan fingerprint density at radius 1 is 1.21 bits per heavy atom. The molecule has 2 aliphatic heterocycles. The van der Waals surface area contributed by atoms with E-state index in [-0.39, 0.29) is 6.61 Å². The third-order valence-corrected chi connectivity index (χ3v) is 5.27. The molecule has 1 fully saturated rings. The van der Waals surface area contributed by atoms with Crippen LogP contribution < -0.4 is 15.0 Å². The molecule has 0 saturated carbocycles. The number of hydrogen-bond acceptors (Lipinski definition) is 4. The first kappa shape index (κ1) is 15.5. The van der Waals surface area contributed by atoms with Gasteiger partial charge in [-0.15, -0.1) is 0 Å². The highest BCUT2D eigenvalue weighted by Crippen LogP contribution is 2.38. The van der Waals surface area contributed by atoms with Gasteiger partial charge in [-0.1, -0.05) is 18.2 Å². The molecule has 4 rings (SSSR count). The molecule has 4 nitrogen and oxygen atoms in total. The molecule has 0 aromatic heterocycles. The predicted octanol–water partition coefficient (Wildman–Crippen LogP) is 2.58. The number of ether oxygens (including phenoxy) is 1. The van der Waals surface area contributed by atoms with Crippen LogP contribution in [0.25, 0.3) is 11.1 Å². The molecule has 1 atom stereocenters. The molecule has 4 heteroatoms. The van der Waals surface area contributed by atoms with Gasteiger partial charge < -0.3 is 20.1 Å². The van der Waals surface area contributed by atoms with E-state index in [9.17, 15) is 5.11 Å². The van der Waals surface area contributed by atoms with E-state index in [1.807, 2.05) is 18.2 Å². The lowest BCUT2D eigenvalue weighted by molar-refractivity contribution is 0.281. The van der Waals surface area contributed by atoms with Crippen LogP contribution in [-0.4, -0.2) is 37.9 Å². The molecule has 1 saturated heterocycles. The average molecular weight is 324 g/mol. The summed E-state index contributed by atoms with van der Waals surface area (Å²) in [7, 11) is 1.65. The van der Waals surface area contributed by atoms with Crippen molar-refractivity contribution < 1.29 is 9.84 Å². The van der Waals surface area contributed by atoms with Crippen LogP contribution in [0.15, 0.2) is 36.4 Å². The number of benzene rings is 2. The summed E-state index contributed by atoms with van der Waals surface area (Å²) < 4.78 is 5.28. The van der Waals surface area contributed by atoms with Crippen LogP contribution in [0.1, 0.15) is 17.5 Å². The number of aliphatic hydroxyl groups excluding tert-OH is 1. The number of anilines is 1. The molecular formula is C20H24N2O2. The van der Waals surface area contributed by atoms with E-state index in [4.69, 9.17) is 4.74 Å². The minimum absolute atomic E-state index is 0.0138. The van der Waals surface area contributed by atoms with Crippen molar-refractivity contribution in [3.05, 3.63) is 47.5 Å². The first-order chi connectivity index (χ1) is 11.8. The van der Waals surface area contributed by atoms with Gasteiger partial charge in [0, 0.05) is 24.8 Å². The van der Waals surface area contributed by atoms with E-state index in [1.165, 1.54) is 23.2 Å². The highest BCUT2D eigenvalue weighted by atomic mass is 16.5. The van der Waals surface area contributed by atoms with Gasteiger partial charge in [0.1, 0.15) is 5.75 Å². The zero-order valence-electron chi connectivity index (χ0n) is 14.1. The lowest BCUT2D eigenvalue weighted by Gasteiger charge is -2.25. The Labute approximate surface area is 143 Å². The molecule has 2 aliphatic rings. The Hall–Kier alpha value is -2.04. The van der Waals surface area contributed by atoms with Crippen molar-refractivity contribution in [2.24, 2.45) is 0 Å². The van der Waals surface area contributed by atoms with Crippen molar-refractivity contribution in [1.82, 2.24) is 5.32 Å². The average Bonchev–Trinajstić information content (AvgIpc) is 2.81. The maximum Gasteiger partial charge on any atom is 0.119 e. The lowest BCUT2D eigenvalue weighted by atomic mass is 9.97. The van der Waals surface area contributed by atoms with Crippen LogP contribution in [0.2, 0.25) is 0 Å². The van der Waals surface area contributed by atoms with Crippen LogP contribution in [0.3, 0.4) is 0 Å². The number of fused-ring (bicyclic) bond motifs is 3. The molecule has 2 N–H and O–H groups in total. The van der Waals surface area contributed by atoms with E-state index in [0.717, 1.165) is 42.9 Å². The van der Waals surface area contributed by atoms with E-state index in [2.05, 4.69) is 28.4 Å². The Kier molecular flexibility index (Phi) is 4.17. The van der Waals surface area contributed by atoms with Crippen LogP contribution in [-0.2, 0) is 13.0 Å². The summed E-state index contributed by atoms with van der Waals surface area (Å²) in [6.45, 7) is 3.23. The zero-order valence-corrected chi connectivity index (χ0v) is 14.1. The first-order valence-electron chi connectivity index (χ1n) is 8.68. The number of nitrogens with zero attached hydrogens (tertiary/aromatic N) is 1. The van der Waals surface area contributed by atoms with E-state index in [1.54, 1.807) is 7.11 Å². The van der Waals surface area contributed by atoms with Gasteiger partial charge in [0.2, 0.25) is 0 Å². The summed E-state index contributed by atoms with van der Waals surface area (Å²) in [6, 6.07) is 13.3. The summed E-state index contributed by atoms with van der Waals surface area (Å²) in [5.74, 6) is 0.780. The summed E-state index contributed by atoms with van der Waals surface area (Å²) in [6.07, 6.45) is 2.35. The van der Waals surface area contributed by atoms with E-state index < -0.39 is 0 Å². The highest BCUT2D eigenvalue weighted by Gasteiger charge is 2.30. The molecule has 1 unspecified atom stereocenters. The molecule has 0 radical (unpaired) electrons. The van der Waals surface area contributed by atoms with Gasteiger partial charge in [-0.05, 0) is 59.8 Å². The summed E-state index contributed by atoms with van der Waals surface area (Å²) >= 11 is 0. The summed E-state index contributed by atoms with van der Waals surface area (Å²) in [5.41, 5.74) is 5.96. The largest absolute Gasteiger partial charge is 0.497 e. The first-order valence-corrected chi connectivity index (χ1v) is 8.68. The molecule has 0 amide bonds. The van der Waals surface area contributed by atoms with Crippen molar-refractivity contribution in [3.8, 4) is 16.9 Å². The Balaban J connectivity index is 1.73. The second-order valence-corrected chi connectivity index (χ2v) is 6.61. The summed E-state index contributed by atoms with van der Waals surface area (Å²) in [4.78, 5) is 2.56. The van der Waals surface area contributed by atoms with Crippen molar-refractivity contribution in [1.29, 1.82) is 0 Å². The van der Waals surface area contributed by atoms with Crippen molar-refractivity contribution in [3.63, 3.8) is 0 Å². The monoisotopic (exact) mass is 324 g/mol. The second kappa shape index (κ2) is 6.46. The molecule has 2 heterocycles. The molecule has 0 spiro atoms. The van der Waals surface area contributed by atoms with Gasteiger partial charge in [-0.25, -0.2) is 0 Å². The Morgan fingerprint density at radius 2 is 2.12 bits per heavy atom. The normalized spacial score (nSPS) is 19.6. The topological polar surface area (TPSA) is 44.7 Å². The quantitative estimate of drug-likeness (QED) is 0.911. The fourth-order valence-corrected chi connectivity index (χ4v) is 4.00. The van der Waals surface area contributed by atoms with Gasteiger partial charge in [0.05, 0.1) is 13.7 Å². The maximum absolute atomic E-state index is 9.74. The highest BCUT2D eigenvalue weighted by molar-refractivity contribution is 5.75. The number of rotatable bonds is 3. The molecule has 0 aliphatic carbocycles. The van der Waals surface area contributed by atoms with Crippen LogP contribution in [0.5, 0.6) is 5.75 Å². The van der Waals surface area contributed by atoms with Crippen molar-refractivity contribution in [2.75, 3.05) is 31.6 Å². The summed E-state index contributed by atoms with van der Waals surface area (Å²) in [5, 5.41) is 13.2. The minimum atomic E-state index is 0.0138. The zero-order chi connectivity index (χ0) is 16.5. The van der Waals surface area contributed by atoms with E-state index in [0.29, 0.717) is 6.04 Å². The number of aliphatic hydroxyl groups is 1. The molecule has 0 bridgehead atoms. The van der Waals surface area contributed by atoms with Gasteiger partial charge in [-0.3, -0.25) is 0 Å². The maximum atomic E-state index is 9.74. The fraction of sp³-hybridized carbons (Fsp3) is 0.400. The SMILES string of the molecule is COc1ccc(-c2ccc3c(c2)N2CCNCCC2C3)c(CO)c1. The van der Waals surface area contributed by atoms with Gasteiger partial charge >= 0.3 is 0 Å². The Bertz CT molecular complexity index is 744. The molecule has 126 valence electrons. The number of methoxy groups -OCH3 is 1. The standard InChI is InChI=1S/C20H24N2O2/c1-24-18-4-5-19(16(11-18)13-23)14-2-3-15-10-17-6-7-21-8-9-22(17)20(15)12-14/h2-5,11-12,17,21,23H,6-10,13H2,1H3. The predicted molar refractivity (Wildman–Crippen MR) is 96.7 cm³/mol. The number of nitrogens with one attached hydrogen (secondary N) is 1. The smallest absolute Gasteiger partial charge is 0.119 e. The minimum Gasteiger partial charge on any atom is -0.497 e. The van der Waals surface area contributed by atoms with E-state index >= 15 is 0 Å². The molecular weight excluding hydrogens is 300 g/mol. The van der Waals surface area contributed by atoms with Crippen LogP contribution in [0, 0.1) is 0 Å². The van der Waals surface area contributed by atoms with Gasteiger partial charge in [-0.2, -0.15) is 0 Å². The molecule has 2 aromatic rings. The van der Waals surface area contributed by atoms with Crippen molar-refractivity contribution >= 4 is 5.69 Å². The second-order valence-electron chi connectivity index (χ2n) is 6.61.